The molecule has 1 aliphatic rings. The molecule has 1 heterocycles. The number of nitrogens with one attached hydrogen (secondary N) is 1. The molecule has 0 spiro atoms. The van der Waals surface area contributed by atoms with Gasteiger partial charge in [0.1, 0.15) is 12.6 Å². The highest BCUT2D eigenvalue weighted by atomic mass is 35.5. The van der Waals surface area contributed by atoms with E-state index in [9.17, 15) is 13.2 Å². The summed E-state index contributed by atoms with van der Waals surface area (Å²) in [5.41, 5.74) is 1.09. The van der Waals surface area contributed by atoms with Crippen LogP contribution in [0.15, 0.2) is 48.5 Å². The molecular formula is C20H25Cl2F3N2O2. The highest BCUT2D eigenvalue weighted by Gasteiger charge is 2.45. The molecule has 1 atom stereocenters. The van der Waals surface area contributed by atoms with Crippen LogP contribution in [-0.4, -0.2) is 44.4 Å². The molecule has 1 N–H and O–H groups in total. The van der Waals surface area contributed by atoms with Gasteiger partial charge in [0.05, 0.1) is 7.11 Å². The van der Waals surface area contributed by atoms with Gasteiger partial charge >= 0.3 is 6.18 Å². The number of alkyl halides is 3. The van der Waals surface area contributed by atoms with Crippen LogP contribution in [0, 0.1) is 0 Å². The third-order valence-electron chi connectivity index (χ3n) is 4.57. The highest BCUT2D eigenvalue weighted by Crippen LogP contribution is 2.41. The summed E-state index contributed by atoms with van der Waals surface area (Å²) in [5.74, 6) is 0.721. The lowest BCUT2D eigenvalue weighted by molar-refractivity contribution is -0.187. The molecule has 0 radical (unpaired) electrons. The van der Waals surface area contributed by atoms with Gasteiger partial charge in [-0.25, -0.2) is 0 Å². The first-order valence-corrected chi connectivity index (χ1v) is 8.85. The monoisotopic (exact) mass is 452 g/mol. The van der Waals surface area contributed by atoms with Gasteiger partial charge in [-0.1, -0.05) is 36.4 Å². The zero-order valence-electron chi connectivity index (χ0n) is 15.9. The number of piperazine rings is 1. The summed E-state index contributed by atoms with van der Waals surface area (Å²) in [7, 11) is 1.47. The number of methoxy groups -OCH3 is 1. The lowest BCUT2D eigenvalue weighted by Gasteiger charge is -2.36. The molecule has 2 aromatic rings. The van der Waals surface area contributed by atoms with Crippen molar-refractivity contribution in [2.75, 3.05) is 33.3 Å². The van der Waals surface area contributed by atoms with Crippen molar-refractivity contribution in [3.05, 3.63) is 59.7 Å². The smallest absolute Gasteiger partial charge is 0.408 e. The zero-order chi connectivity index (χ0) is 19.3. The Bertz CT molecular complexity index is 742. The third kappa shape index (κ3) is 6.67. The molecule has 1 saturated heterocycles. The minimum absolute atomic E-state index is 0. The van der Waals surface area contributed by atoms with E-state index in [-0.39, 0.29) is 37.0 Å². The van der Waals surface area contributed by atoms with Crippen molar-refractivity contribution in [3.8, 4) is 11.5 Å². The summed E-state index contributed by atoms with van der Waals surface area (Å²) in [4.78, 5) is 1.46. The average molecular weight is 453 g/mol. The first-order chi connectivity index (χ1) is 13.0. The number of hydrogen-bond donors (Lipinski definition) is 1. The molecule has 1 aliphatic heterocycles. The van der Waals surface area contributed by atoms with Crippen LogP contribution in [0.2, 0.25) is 0 Å². The van der Waals surface area contributed by atoms with E-state index in [1.165, 1.54) is 30.2 Å². The van der Waals surface area contributed by atoms with Crippen LogP contribution in [0.25, 0.3) is 0 Å². The van der Waals surface area contributed by atoms with Gasteiger partial charge in [0.25, 0.3) is 0 Å². The minimum Gasteiger partial charge on any atom is -0.493 e. The van der Waals surface area contributed by atoms with E-state index in [4.69, 9.17) is 9.47 Å². The lowest BCUT2D eigenvalue weighted by atomic mass is 10.0. The molecule has 9 heteroatoms. The molecular weight excluding hydrogens is 428 g/mol. The van der Waals surface area contributed by atoms with Gasteiger partial charge in [0.2, 0.25) is 0 Å². The topological polar surface area (TPSA) is 33.7 Å². The van der Waals surface area contributed by atoms with Gasteiger partial charge in [-0.15, -0.1) is 24.8 Å². The number of nitrogens with zero attached hydrogens (tertiary/aromatic N) is 1. The van der Waals surface area contributed by atoms with Crippen molar-refractivity contribution >= 4 is 24.8 Å². The second-order valence-electron chi connectivity index (χ2n) is 6.41. The van der Waals surface area contributed by atoms with E-state index >= 15 is 0 Å². The summed E-state index contributed by atoms with van der Waals surface area (Å²) in [6, 6.07) is 12.3. The van der Waals surface area contributed by atoms with E-state index < -0.39 is 12.2 Å². The third-order valence-corrected chi connectivity index (χ3v) is 4.57. The summed E-state index contributed by atoms with van der Waals surface area (Å²) < 4.78 is 52.5. The molecule has 0 unspecified atom stereocenters. The van der Waals surface area contributed by atoms with Crippen molar-refractivity contribution in [2.45, 2.75) is 18.8 Å². The van der Waals surface area contributed by atoms with Gasteiger partial charge in [0.15, 0.2) is 11.5 Å². The van der Waals surface area contributed by atoms with Gasteiger partial charge in [-0.05, 0) is 23.3 Å². The van der Waals surface area contributed by atoms with Crippen LogP contribution in [0.1, 0.15) is 17.2 Å². The summed E-state index contributed by atoms with van der Waals surface area (Å²) in [6.07, 6.45) is -4.37. The van der Waals surface area contributed by atoms with Crippen molar-refractivity contribution in [1.29, 1.82) is 0 Å². The van der Waals surface area contributed by atoms with E-state index in [0.717, 1.165) is 5.56 Å². The molecule has 4 nitrogen and oxygen atoms in total. The predicted octanol–water partition coefficient (Wildman–Crippen LogP) is 4.63. The number of hydrogen-bond acceptors (Lipinski definition) is 4. The Kier molecular flexibility index (Phi) is 10.1. The largest absolute Gasteiger partial charge is 0.493 e. The first-order valence-electron chi connectivity index (χ1n) is 8.85. The lowest BCUT2D eigenvalue weighted by Crippen LogP contribution is -2.49. The van der Waals surface area contributed by atoms with Crippen LogP contribution in [-0.2, 0) is 6.61 Å². The quantitative estimate of drug-likeness (QED) is 0.692. The standard InChI is InChI=1S/C20H23F3N2O2.2ClH/c1-26-17-8-7-16(13-18(17)27-14-15-5-3-2-4-6-15)19(20(21,22)23)25-11-9-24-10-12-25;;/h2-8,13,19,24H,9-12,14H2,1H3;2*1H/t19-;;/m0../s1. The fourth-order valence-electron chi connectivity index (χ4n) is 3.26. The average Bonchev–Trinajstić information content (AvgIpc) is 2.67. The number of rotatable bonds is 6. The Hall–Kier alpha value is -1.67. The maximum atomic E-state index is 13.8. The Morgan fingerprint density at radius 2 is 1.66 bits per heavy atom. The molecule has 2 aromatic carbocycles. The van der Waals surface area contributed by atoms with Crippen molar-refractivity contribution < 1.29 is 22.6 Å². The van der Waals surface area contributed by atoms with Crippen LogP contribution < -0.4 is 14.8 Å². The molecule has 0 bridgehead atoms. The van der Waals surface area contributed by atoms with Crippen molar-refractivity contribution in [2.24, 2.45) is 0 Å². The highest BCUT2D eigenvalue weighted by molar-refractivity contribution is 5.85. The molecule has 1 fully saturated rings. The molecule has 0 saturated carbocycles. The van der Waals surface area contributed by atoms with Crippen LogP contribution in [0.4, 0.5) is 13.2 Å². The van der Waals surface area contributed by atoms with Crippen molar-refractivity contribution in [3.63, 3.8) is 0 Å². The van der Waals surface area contributed by atoms with Gasteiger partial charge in [-0.3, -0.25) is 4.90 Å². The molecule has 0 aliphatic carbocycles. The second-order valence-corrected chi connectivity index (χ2v) is 6.41. The van der Waals surface area contributed by atoms with E-state index in [1.807, 2.05) is 30.3 Å². The van der Waals surface area contributed by atoms with Gasteiger partial charge < -0.3 is 14.8 Å². The Morgan fingerprint density at radius 3 is 2.24 bits per heavy atom. The van der Waals surface area contributed by atoms with E-state index in [0.29, 0.717) is 37.7 Å². The summed E-state index contributed by atoms with van der Waals surface area (Å²) >= 11 is 0. The molecule has 162 valence electrons. The minimum atomic E-state index is -4.37. The van der Waals surface area contributed by atoms with Crippen LogP contribution in [0.3, 0.4) is 0 Å². The molecule has 3 rings (SSSR count). The maximum absolute atomic E-state index is 13.8. The molecule has 29 heavy (non-hydrogen) atoms. The molecule has 0 amide bonds. The van der Waals surface area contributed by atoms with E-state index in [2.05, 4.69) is 5.32 Å². The Labute approximate surface area is 181 Å². The SMILES string of the molecule is COc1ccc([C@H](N2CCNCC2)C(F)(F)F)cc1OCc1ccccc1.Cl.Cl. The normalized spacial score (nSPS) is 15.6. The zero-order valence-corrected chi connectivity index (χ0v) is 17.6. The maximum Gasteiger partial charge on any atom is 0.408 e. The number of benzene rings is 2. The van der Waals surface area contributed by atoms with Crippen LogP contribution in [0.5, 0.6) is 11.5 Å². The second kappa shape index (κ2) is 11.5. The Balaban J connectivity index is 0.00000210. The first kappa shape index (κ1) is 25.4. The van der Waals surface area contributed by atoms with E-state index in [1.54, 1.807) is 0 Å². The van der Waals surface area contributed by atoms with Gasteiger partial charge in [0, 0.05) is 26.2 Å². The Morgan fingerprint density at radius 1 is 1.00 bits per heavy atom. The fourth-order valence-corrected chi connectivity index (χ4v) is 3.26. The van der Waals surface area contributed by atoms with Crippen molar-refractivity contribution in [1.82, 2.24) is 10.2 Å². The number of ether oxygens (including phenoxy) is 2. The number of halogens is 5. The fraction of sp³-hybridized carbons (Fsp3) is 0.400. The summed E-state index contributed by atoms with van der Waals surface area (Å²) in [6.45, 7) is 2.03. The van der Waals surface area contributed by atoms with Crippen LogP contribution >= 0.6 is 24.8 Å². The molecule has 0 aromatic heterocycles. The van der Waals surface area contributed by atoms with Gasteiger partial charge in [-0.2, -0.15) is 13.2 Å². The predicted molar refractivity (Wildman–Crippen MR) is 112 cm³/mol. The summed E-state index contributed by atoms with van der Waals surface area (Å²) in [5, 5.41) is 3.09.